The maximum atomic E-state index is 12.1. The van der Waals surface area contributed by atoms with Gasteiger partial charge in [0.1, 0.15) is 0 Å². The van der Waals surface area contributed by atoms with Crippen molar-refractivity contribution in [2.75, 3.05) is 13.1 Å². The Hall–Kier alpha value is -1.74. The number of hydrogen-bond donors (Lipinski definition) is 1. The third-order valence-electron chi connectivity index (χ3n) is 4.13. The number of carbonyl (C=O) groups excluding carboxylic acids is 1. The van der Waals surface area contributed by atoms with Crippen LogP contribution in [0.4, 0.5) is 0 Å². The van der Waals surface area contributed by atoms with Gasteiger partial charge in [-0.3, -0.25) is 4.79 Å². The lowest BCUT2D eigenvalue weighted by molar-refractivity contribution is -0.131. The predicted octanol–water partition coefficient (Wildman–Crippen LogP) is 4.48. The lowest BCUT2D eigenvalue weighted by atomic mass is 9.98. The molecular formula is C18H21ClN2O. The van der Waals surface area contributed by atoms with Gasteiger partial charge in [-0.2, -0.15) is 0 Å². The monoisotopic (exact) mass is 316 g/mol. The molecule has 0 saturated carbocycles. The fourth-order valence-electron chi connectivity index (χ4n) is 2.98. The standard InChI is InChI=1S/C18H21ClN2O/c1-12(2)9-18(22)21-7-5-13(6-8-21)16-11-20-17-4-3-14(19)10-15(16)17/h3-5,10-12,20H,6-9H2,1-2H3. The smallest absolute Gasteiger partial charge is 0.223 e. The Morgan fingerprint density at radius 2 is 2.23 bits per heavy atom. The van der Waals surface area contributed by atoms with E-state index in [9.17, 15) is 4.79 Å². The van der Waals surface area contributed by atoms with Crippen molar-refractivity contribution in [1.82, 2.24) is 9.88 Å². The van der Waals surface area contributed by atoms with Crippen LogP contribution in [0.25, 0.3) is 16.5 Å². The molecule has 3 rings (SSSR count). The van der Waals surface area contributed by atoms with E-state index in [-0.39, 0.29) is 5.91 Å². The molecule has 1 aromatic carbocycles. The fourth-order valence-corrected chi connectivity index (χ4v) is 3.15. The number of aromatic amines is 1. The van der Waals surface area contributed by atoms with Gasteiger partial charge in [-0.1, -0.05) is 31.5 Å². The molecule has 0 unspecified atom stereocenters. The van der Waals surface area contributed by atoms with Gasteiger partial charge in [-0.25, -0.2) is 0 Å². The molecule has 1 amide bonds. The summed E-state index contributed by atoms with van der Waals surface area (Å²) >= 11 is 6.11. The first-order valence-electron chi connectivity index (χ1n) is 7.78. The van der Waals surface area contributed by atoms with Crippen molar-refractivity contribution >= 4 is 34.0 Å². The second-order valence-corrected chi connectivity index (χ2v) is 6.75. The summed E-state index contributed by atoms with van der Waals surface area (Å²) in [7, 11) is 0. The number of rotatable bonds is 3. The molecule has 1 aromatic heterocycles. The molecule has 0 atom stereocenters. The minimum Gasteiger partial charge on any atom is -0.361 e. The molecule has 0 saturated heterocycles. The van der Waals surface area contributed by atoms with Crippen molar-refractivity contribution in [3.8, 4) is 0 Å². The van der Waals surface area contributed by atoms with Crippen LogP contribution in [0.3, 0.4) is 0 Å². The van der Waals surface area contributed by atoms with Gasteiger partial charge in [-0.15, -0.1) is 0 Å². The van der Waals surface area contributed by atoms with Crippen LogP contribution in [-0.4, -0.2) is 28.9 Å². The van der Waals surface area contributed by atoms with Crippen LogP contribution in [0.2, 0.25) is 5.02 Å². The normalized spacial score (nSPS) is 15.5. The lowest BCUT2D eigenvalue weighted by Crippen LogP contribution is -2.35. The zero-order valence-corrected chi connectivity index (χ0v) is 13.8. The van der Waals surface area contributed by atoms with E-state index in [0.29, 0.717) is 18.9 Å². The molecule has 0 spiro atoms. The predicted molar refractivity (Wildman–Crippen MR) is 91.9 cm³/mol. The number of hydrogen-bond acceptors (Lipinski definition) is 1. The molecule has 1 aliphatic rings. The molecular weight excluding hydrogens is 296 g/mol. The maximum absolute atomic E-state index is 12.1. The zero-order valence-electron chi connectivity index (χ0n) is 13.0. The Morgan fingerprint density at radius 3 is 2.91 bits per heavy atom. The second-order valence-electron chi connectivity index (χ2n) is 6.31. The van der Waals surface area contributed by atoms with E-state index >= 15 is 0 Å². The molecule has 22 heavy (non-hydrogen) atoms. The van der Waals surface area contributed by atoms with E-state index < -0.39 is 0 Å². The van der Waals surface area contributed by atoms with E-state index in [2.05, 4.69) is 24.9 Å². The summed E-state index contributed by atoms with van der Waals surface area (Å²) in [6, 6.07) is 5.90. The molecule has 2 heterocycles. The van der Waals surface area contributed by atoms with Crippen molar-refractivity contribution in [1.29, 1.82) is 0 Å². The van der Waals surface area contributed by atoms with Gasteiger partial charge < -0.3 is 9.88 Å². The van der Waals surface area contributed by atoms with E-state index in [1.54, 1.807) is 0 Å². The zero-order chi connectivity index (χ0) is 15.7. The van der Waals surface area contributed by atoms with Crippen LogP contribution in [0, 0.1) is 5.92 Å². The van der Waals surface area contributed by atoms with Crippen LogP contribution in [0.5, 0.6) is 0 Å². The topological polar surface area (TPSA) is 36.1 Å². The highest BCUT2D eigenvalue weighted by Crippen LogP contribution is 2.31. The maximum Gasteiger partial charge on any atom is 0.223 e. The van der Waals surface area contributed by atoms with Gasteiger partial charge in [0.15, 0.2) is 0 Å². The van der Waals surface area contributed by atoms with Gasteiger partial charge in [0.05, 0.1) is 0 Å². The van der Waals surface area contributed by atoms with Gasteiger partial charge in [0, 0.05) is 47.2 Å². The summed E-state index contributed by atoms with van der Waals surface area (Å²) in [6.07, 6.45) is 5.73. The van der Waals surface area contributed by atoms with Crippen molar-refractivity contribution in [3.05, 3.63) is 41.1 Å². The number of nitrogens with zero attached hydrogens (tertiary/aromatic N) is 1. The van der Waals surface area contributed by atoms with E-state index in [1.165, 1.54) is 11.1 Å². The van der Waals surface area contributed by atoms with Crippen molar-refractivity contribution in [2.24, 2.45) is 5.92 Å². The number of halogens is 1. The second kappa shape index (κ2) is 6.17. The molecule has 0 radical (unpaired) electrons. The molecule has 0 fully saturated rings. The molecule has 0 bridgehead atoms. The number of carbonyl (C=O) groups is 1. The van der Waals surface area contributed by atoms with Crippen LogP contribution >= 0.6 is 11.6 Å². The van der Waals surface area contributed by atoms with Gasteiger partial charge in [-0.05, 0) is 36.1 Å². The first-order chi connectivity index (χ1) is 10.5. The number of aromatic nitrogens is 1. The number of amides is 1. The number of fused-ring (bicyclic) bond motifs is 1. The average molecular weight is 317 g/mol. The molecule has 2 aromatic rings. The first kappa shape index (κ1) is 15.2. The number of nitrogens with one attached hydrogen (secondary N) is 1. The van der Waals surface area contributed by atoms with Crippen LogP contribution < -0.4 is 0 Å². The summed E-state index contributed by atoms with van der Waals surface area (Å²) < 4.78 is 0. The van der Waals surface area contributed by atoms with E-state index in [0.717, 1.165) is 28.9 Å². The highest BCUT2D eigenvalue weighted by molar-refractivity contribution is 6.31. The summed E-state index contributed by atoms with van der Waals surface area (Å²) in [6.45, 7) is 5.66. The summed E-state index contributed by atoms with van der Waals surface area (Å²) in [5.74, 6) is 0.668. The molecule has 1 N–H and O–H groups in total. The van der Waals surface area contributed by atoms with Gasteiger partial charge in [0.2, 0.25) is 5.91 Å². The van der Waals surface area contributed by atoms with Crippen molar-refractivity contribution < 1.29 is 4.79 Å². The SMILES string of the molecule is CC(C)CC(=O)N1CC=C(c2c[nH]c3ccc(Cl)cc23)CC1. The third kappa shape index (κ3) is 3.05. The Kier molecular flexibility index (Phi) is 4.25. The van der Waals surface area contributed by atoms with E-state index in [1.807, 2.05) is 29.3 Å². The summed E-state index contributed by atoms with van der Waals surface area (Å²) in [5, 5.41) is 1.90. The molecule has 4 heteroatoms. The lowest BCUT2D eigenvalue weighted by Gasteiger charge is -2.27. The molecule has 0 aliphatic carbocycles. The Bertz CT molecular complexity index is 730. The minimum atomic E-state index is 0.257. The third-order valence-corrected chi connectivity index (χ3v) is 4.37. The average Bonchev–Trinajstić information content (AvgIpc) is 2.89. The van der Waals surface area contributed by atoms with Crippen molar-refractivity contribution in [2.45, 2.75) is 26.7 Å². The summed E-state index contributed by atoms with van der Waals surface area (Å²) in [5.41, 5.74) is 3.59. The Labute approximate surface area is 136 Å². The van der Waals surface area contributed by atoms with Crippen LogP contribution in [0.15, 0.2) is 30.5 Å². The molecule has 1 aliphatic heterocycles. The minimum absolute atomic E-state index is 0.257. The Balaban J connectivity index is 1.80. The largest absolute Gasteiger partial charge is 0.361 e. The van der Waals surface area contributed by atoms with Crippen molar-refractivity contribution in [3.63, 3.8) is 0 Å². The van der Waals surface area contributed by atoms with Crippen LogP contribution in [0.1, 0.15) is 32.3 Å². The van der Waals surface area contributed by atoms with E-state index in [4.69, 9.17) is 11.6 Å². The molecule has 116 valence electrons. The highest BCUT2D eigenvalue weighted by Gasteiger charge is 2.19. The molecule has 3 nitrogen and oxygen atoms in total. The number of benzene rings is 1. The quantitative estimate of drug-likeness (QED) is 0.890. The van der Waals surface area contributed by atoms with Gasteiger partial charge >= 0.3 is 0 Å². The van der Waals surface area contributed by atoms with Gasteiger partial charge in [0.25, 0.3) is 0 Å². The highest BCUT2D eigenvalue weighted by atomic mass is 35.5. The first-order valence-corrected chi connectivity index (χ1v) is 8.16. The number of H-pyrrole nitrogens is 1. The summed E-state index contributed by atoms with van der Waals surface area (Å²) in [4.78, 5) is 17.4. The fraction of sp³-hybridized carbons (Fsp3) is 0.389. The van der Waals surface area contributed by atoms with Crippen LogP contribution in [-0.2, 0) is 4.79 Å². The Morgan fingerprint density at radius 1 is 1.41 bits per heavy atom.